The van der Waals surface area contributed by atoms with Crippen LogP contribution >= 0.6 is 11.6 Å². The molecule has 0 radical (unpaired) electrons. The minimum atomic E-state index is -0.409. The van der Waals surface area contributed by atoms with Crippen LogP contribution in [0.15, 0.2) is 18.2 Å². The van der Waals surface area contributed by atoms with Crippen LogP contribution in [0, 0.1) is 17.0 Å². The van der Waals surface area contributed by atoms with Crippen LogP contribution in [0.1, 0.15) is 12.0 Å². The predicted octanol–water partition coefficient (Wildman–Crippen LogP) is 2.69. The van der Waals surface area contributed by atoms with E-state index in [-0.39, 0.29) is 23.3 Å². The molecule has 0 spiro atoms. The first-order chi connectivity index (χ1) is 10.0. The molecule has 1 aromatic rings. The first-order valence-electron chi connectivity index (χ1n) is 6.69. The molecular weight excluding hydrogens is 298 g/mol. The maximum atomic E-state index is 10.8. The highest BCUT2D eigenvalue weighted by atomic mass is 35.5. The lowest BCUT2D eigenvalue weighted by molar-refractivity contribution is -0.385. The van der Waals surface area contributed by atoms with Crippen LogP contribution in [-0.4, -0.2) is 42.8 Å². The number of alkyl halides is 1. The van der Waals surface area contributed by atoms with Crippen molar-refractivity contribution < 1.29 is 19.1 Å². The Hall–Kier alpha value is -1.37. The second-order valence-corrected chi connectivity index (χ2v) is 5.50. The smallest absolute Gasteiger partial charge is 0.272 e. The standard InChI is InChI=1S/C14H18ClNO5/c1-9-7-10(3-4-12(9)16(17)18)21-13-8-11(15)14(13)20-6-5-19-2/h3-4,7,11,13-14H,5-6,8H2,1-2H3. The maximum absolute atomic E-state index is 10.8. The summed E-state index contributed by atoms with van der Waals surface area (Å²) in [6.07, 6.45) is 0.373. The Morgan fingerprint density at radius 3 is 2.76 bits per heavy atom. The number of methoxy groups -OCH3 is 1. The van der Waals surface area contributed by atoms with Gasteiger partial charge in [0.1, 0.15) is 18.0 Å². The Morgan fingerprint density at radius 1 is 1.43 bits per heavy atom. The van der Waals surface area contributed by atoms with Crippen molar-refractivity contribution in [2.24, 2.45) is 0 Å². The number of benzene rings is 1. The summed E-state index contributed by atoms with van der Waals surface area (Å²) >= 11 is 6.12. The quantitative estimate of drug-likeness (QED) is 0.335. The average molecular weight is 316 g/mol. The molecule has 116 valence electrons. The van der Waals surface area contributed by atoms with Crippen LogP contribution in [0.3, 0.4) is 0 Å². The molecule has 0 heterocycles. The Balaban J connectivity index is 1.95. The molecule has 0 N–H and O–H groups in total. The number of hydrogen-bond acceptors (Lipinski definition) is 5. The van der Waals surface area contributed by atoms with Gasteiger partial charge in [-0.15, -0.1) is 11.6 Å². The van der Waals surface area contributed by atoms with Crippen LogP contribution in [0.2, 0.25) is 0 Å². The van der Waals surface area contributed by atoms with E-state index < -0.39 is 4.92 Å². The molecule has 0 amide bonds. The molecule has 6 nitrogen and oxygen atoms in total. The number of aryl methyl sites for hydroxylation is 1. The zero-order valence-corrected chi connectivity index (χ0v) is 12.7. The highest BCUT2D eigenvalue weighted by molar-refractivity contribution is 6.21. The SMILES string of the molecule is COCCOC1C(Cl)CC1Oc1ccc([N+](=O)[O-])c(C)c1. The summed E-state index contributed by atoms with van der Waals surface area (Å²) in [5, 5.41) is 10.7. The zero-order valence-electron chi connectivity index (χ0n) is 12.0. The molecule has 7 heteroatoms. The number of hydrogen-bond donors (Lipinski definition) is 0. The van der Waals surface area contributed by atoms with Crippen molar-refractivity contribution in [3.05, 3.63) is 33.9 Å². The summed E-state index contributed by atoms with van der Waals surface area (Å²) in [6.45, 7) is 2.65. The molecule has 1 aliphatic carbocycles. The largest absolute Gasteiger partial charge is 0.488 e. The number of nitrogens with zero attached hydrogens (tertiary/aromatic N) is 1. The van der Waals surface area contributed by atoms with Crippen molar-refractivity contribution in [1.29, 1.82) is 0 Å². The van der Waals surface area contributed by atoms with Gasteiger partial charge < -0.3 is 14.2 Å². The molecule has 0 bridgehead atoms. The minimum Gasteiger partial charge on any atom is -0.488 e. The maximum Gasteiger partial charge on any atom is 0.272 e. The zero-order chi connectivity index (χ0) is 15.4. The molecule has 1 saturated carbocycles. The van der Waals surface area contributed by atoms with E-state index in [0.717, 1.165) is 0 Å². The van der Waals surface area contributed by atoms with Crippen LogP contribution in [0.25, 0.3) is 0 Å². The summed E-state index contributed by atoms with van der Waals surface area (Å²) < 4.78 is 16.4. The summed E-state index contributed by atoms with van der Waals surface area (Å²) in [5.74, 6) is 0.590. The van der Waals surface area contributed by atoms with Crippen molar-refractivity contribution in [2.45, 2.75) is 30.9 Å². The van der Waals surface area contributed by atoms with Gasteiger partial charge in [-0.05, 0) is 19.1 Å². The second kappa shape index (κ2) is 7.06. The normalized spacial score (nSPS) is 24.4. The third kappa shape index (κ3) is 3.84. The molecule has 3 unspecified atom stereocenters. The van der Waals surface area contributed by atoms with E-state index in [2.05, 4.69) is 0 Å². The molecule has 0 aromatic heterocycles. The Labute approximate surface area is 128 Å². The Kier molecular flexibility index (Phi) is 5.39. The molecule has 2 rings (SSSR count). The van der Waals surface area contributed by atoms with Gasteiger partial charge in [0.15, 0.2) is 0 Å². The van der Waals surface area contributed by atoms with E-state index in [1.54, 1.807) is 26.2 Å². The van der Waals surface area contributed by atoms with Crippen molar-refractivity contribution >= 4 is 17.3 Å². The number of ether oxygens (including phenoxy) is 3. The fourth-order valence-electron chi connectivity index (χ4n) is 2.20. The first kappa shape index (κ1) is 16.0. The monoisotopic (exact) mass is 315 g/mol. The lowest BCUT2D eigenvalue weighted by Gasteiger charge is -2.40. The molecule has 21 heavy (non-hydrogen) atoms. The molecule has 1 fully saturated rings. The lowest BCUT2D eigenvalue weighted by atomic mass is 9.91. The summed E-state index contributed by atoms with van der Waals surface area (Å²) in [4.78, 5) is 10.4. The average Bonchev–Trinajstić information content (AvgIpc) is 2.42. The highest BCUT2D eigenvalue weighted by Gasteiger charge is 2.42. The third-order valence-electron chi connectivity index (χ3n) is 3.43. The lowest BCUT2D eigenvalue weighted by Crippen LogP contribution is -2.53. The number of halogens is 1. The Morgan fingerprint density at radius 2 is 2.19 bits per heavy atom. The molecule has 3 atom stereocenters. The van der Waals surface area contributed by atoms with Crippen LogP contribution in [0.4, 0.5) is 5.69 Å². The number of rotatable bonds is 7. The van der Waals surface area contributed by atoms with Gasteiger partial charge in [0.2, 0.25) is 0 Å². The first-order valence-corrected chi connectivity index (χ1v) is 7.13. The van der Waals surface area contributed by atoms with Crippen molar-refractivity contribution in [3.63, 3.8) is 0 Å². The van der Waals surface area contributed by atoms with Crippen molar-refractivity contribution in [3.8, 4) is 5.75 Å². The predicted molar refractivity (Wildman–Crippen MR) is 78.1 cm³/mol. The number of nitro groups is 1. The van der Waals surface area contributed by atoms with Crippen LogP contribution in [0.5, 0.6) is 5.75 Å². The molecular formula is C14H18ClNO5. The molecule has 1 aliphatic rings. The summed E-state index contributed by atoms with van der Waals surface area (Å²) in [6, 6.07) is 4.70. The van der Waals surface area contributed by atoms with Gasteiger partial charge in [-0.1, -0.05) is 0 Å². The van der Waals surface area contributed by atoms with E-state index >= 15 is 0 Å². The van der Waals surface area contributed by atoms with Crippen molar-refractivity contribution in [1.82, 2.24) is 0 Å². The van der Waals surface area contributed by atoms with Gasteiger partial charge >= 0.3 is 0 Å². The van der Waals surface area contributed by atoms with Gasteiger partial charge in [-0.3, -0.25) is 10.1 Å². The summed E-state index contributed by atoms with van der Waals surface area (Å²) in [7, 11) is 1.61. The summed E-state index contributed by atoms with van der Waals surface area (Å²) in [5.41, 5.74) is 0.648. The van der Waals surface area contributed by atoms with E-state index in [0.29, 0.717) is 30.9 Å². The van der Waals surface area contributed by atoms with Crippen LogP contribution < -0.4 is 4.74 Å². The minimum absolute atomic E-state index is 0.0778. The van der Waals surface area contributed by atoms with Gasteiger partial charge in [0, 0.05) is 25.2 Å². The van der Waals surface area contributed by atoms with Gasteiger partial charge in [-0.2, -0.15) is 0 Å². The van der Waals surface area contributed by atoms with Gasteiger partial charge in [0.25, 0.3) is 5.69 Å². The van der Waals surface area contributed by atoms with E-state index in [1.165, 1.54) is 6.07 Å². The Bertz CT molecular complexity index is 510. The van der Waals surface area contributed by atoms with E-state index in [4.69, 9.17) is 25.8 Å². The van der Waals surface area contributed by atoms with E-state index in [1.807, 2.05) is 0 Å². The fraction of sp³-hybridized carbons (Fsp3) is 0.571. The van der Waals surface area contributed by atoms with Crippen LogP contribution in [-0.2, 0) is 9.47 Å². The molecule has 0 saturated heterocycles. The number of nitro benzene ring substituents is 1. The fourth-order valence-corrected chi connectivity index (χ4v) is 2.61. The van der Waals surface area contributed by atoms with E-state index in [9.17, 15) is 10.1 Å². The highest BCUT2D eigenvalue weighted by Crippen LogP contribution is 2.34. The second-order valence-electron chi connectivity index (χ2n) is 4.94. The van der Waals surface area contributed by atoms with Crippen molar-refractivity contribution in [2.75, 3.05) is 20.3 Å². The molecule has 0 aliphatic heterocycles. The molecule has 1 aromatic carbocycles. The van der Waals surface area contributed by atoms with Gasteiger partial charge in [0.05, 0.1) is 23.5 Å². The topological polar surface area (TPSA) is 70.8 Å². The third-order valence-corrected chi connectivity index (χ3v) is 3.86. The van der Waals surface area contributed by atoms with Gasteiger partial charge in [-0.25, -0.2) is 0 Å².